The number of amides is 2. The van der Waals surface area contributed by atoms with Gasteiger partial charge in [0, 0.05) is 37.9 Å². The molecule has 0 radical (unpaired) electrons. The Hall–Kier alpha value is -2.12. The SMILES string of the molecule is COc1cccc(NC(=O)CC(=O)NCCN2CCOCC2)c1. The molecule has 1 aliphatic heterocycles. The summed E-state index contributed by atoms with van der Waals surface area (Å²) in [5.41, 5.74) is 0.607. The van der Waals surface area contributed by atoms with Crippen molar-refractivity contribution in [2.45, 2.75) is 6.42 Å². The fourth-order valence-electron chi connectivity index (χ4n) is 2.29. The normalized spacial score (nSPS) is 15.0. The summed E-state index contributed by atoms with van der Waals surface area (Å²) in [6.45, 7) is 4.53. The lowest BCUT2D eigenvalue weighted by Crippen LogP contribution is -2.41. The highest BCUT2D eigenvalue weighted by atomic mass is 16.5. The quantitative estimate of drug-likeness (QED) is 0.714. The van der Waals surface area contributed by atoms with Gasteiger partial charge in [-0.2, -0.15) is 0 Å². The Morgan fingerprint density at radius 2 is 2.04 bits per heavy atom. The Morgan fingerprint density at radius 1 is 1.26 bits per heavy atom. The summed E-state index contributed by atoms with van der Waals surface area (Å²) in [6.07, 6.45) is -0.194. The molecule has 23 heavy (non-hydrogen) atoms. The molecule has 0 atom stereocenters. The van der Waals surface area contributed by atoms with Gasteiger partial charge in [-0.1, -0.05) is 6.07 Å². The molecule has 0 saturated carbocycles. The highest BCUT2D eigenvalue weighted by Gasteiger charge is 2.12. The Balaban J connectivity index is 1.66. The van der Waals surface area contributed by atoms with Crippen LogP contribution < -0.4 is 15.4 Å². The molecule has 7 nitrogen and oxygen atoms in total. The minimum atomic E-state index is -0.345. The van der Waals surface area contributed by atoms with Crippen molar-refractivity contribution in [2.24, 2.45) is 0 Å². The van der Waals surface area contributed by atoms with Crippen LogP contribution in [0.15, 0.2) is 24.3 Å². The summed E-state index contributed by atoms with van der Waals surface area (Å²) < 4.78 is 10.3. The largest absolute Gasteiger partial charge is 0.497 e. The minimum Gasteiger partial charge on any atom is -0.497 e. The zero-order valence-electron chi connectivity index (χ0n) is 13.3. The second kappa shape index (κ2) is 9.12. The number of nitrogens with one attached hydrogen (secondary N) is 2. The summed E-state index contributed by atoms with van der Waals surface area (Å²) in [6, 6.07) is 7.01. The van der Waals surface area contributed by atoms with Crippen molar-refractivity contribution < 1.29 is 19.1 Å². The van der Waals surface area contributed by atoms with Crippen molar-refractivity contribution in [2.75, 3.05) is 51.8 Å². The van der Waals surface area contributed by atoms with Gasteiger partial charge >= 0.3 is 0 Å². The Bertz CT molecular complexity index is 530. The third-order valence-corrected chi connectivity index (χ3v) is 3.53. The molecule has 0 aliphatic carbocycles. The summed E-state index contributed by atoms with van der Waals surface area (Å²) in [5, 5.41) is 5.44. The van der Waals surface area contributed by atoms with E-state index in [0.717, 1.165) is 32.8 Å². The lowest BCUT2D eigenvalue weighted by Gasteiger charge is -2.26. The molecule has 1 aromatic rings. The van der Waals surface area contributed by atoms with Crippen molar-refractivity contribution in [3.05, 3.63) is 24.3 Å². The minimum absolute atomic E-state index is 0.194. The number of methoxy groups -OCH3 is 1. The Kier molecular flexibility index (Phi) is 6.83. The van der Waals surface area contributed by atoms with Gasteiger partial charge in [0.2, 0.25) is 11.8 Å². The fraction of sp³-hybridized carbons (Fsp3) is 0.500. The van der Waals surface area contributed by atoms with Crippen molar-refractivity contribution in [3.63, 3.8) is 0 Å². The number of carbonyl (C=O) groups is 2. The maximum absolute atomic E-state index is 11.8. The molecule has 0 aromatic heterocycles. The Morgan fingerprint density at radius 3 is 2.78 bits per heavy atom. The highest BCUT2D eigenvalue weighted by Crippen LogP contribution is 2.16. The first kappa shape index (κ1) is 17.2. The van der Waals surface area contributed by atoms with Crippen LogP contribution in [0.5, 0.6) is 5.75 Å². The van der Waals surface area contributed by atoms with Gasteiger partial charge in [-0.3, -0.25) is 14.5 Å². The third-order valence-electron chi connectivity index (χ3n) is 3.53. The van der Waals surface area contributed by atoms with Crippen LogP contribution in [-0.4, -0.2) is 63.2 Å². The van der Waals surface area contributed by atoms with Crippen LogP contribution in [0.1, 0.15) is 6.42 Å². The van der Waals surface area contributed by atoms with Crippen LogP contribution in [0.4, 0.5) is 5.69 Å². The maximum Gasteiger partial charge on any atom is 0.233 e. The summed E-state index contributed by atoms with van der Waals surface area (Å²) in [7, 11) is 1.56. The summed E-state index contributed by atoms with van der Waals surface area (Å²) >= 11 is 0. The van der Waals surface area contributed by atoms with Gasteiger partial charge in [0.25, 0.3) is 0 Å². The molecule has 2 N–H and O–H groups in total. The number of hydrogen-bond donors (Lipinski definition) is 2. The molecule has 0 spiro atoms. The van der Waals surface area contributed by atoms with Gasteiger partial charge in [-0.05, 0) is 12.1 Å². The molecular weight excluding hydrogens is 298 g/mol. The first-order chi connectivity index (χ1) is 11.2. The van der Waals surface area contributed by atoms with Crippen molar-refractivity contribution in [3.8, 4) is 5.75 Å². The van der Waals surface area contributed by atoms with E-state index in [-0.39, 0.29) is 18.2 Å². The number of morpholine rings is 1. The average molecular weight is 321 g/mol. The molecule has 7 heteroatoms. The van der Waals surface area contributed by atoms with Crippen molar-refractivity contribution >= 4 is 17.5 Å². The van der Waals surface area contributed by atoms with Gasteiger partial charge in [0.05, 0.1) is 20.3 Å². The van der Waals surface area contributed by atoms with Crippen LogP contribution in [0.2, 0.25) is 0 Å². The lowest BCUT2D eigenvalue weighted by molar-refractivity contribution is -0.126. The molecule has 2 rings (SSSR count). The van der Waals surface area contributed by atoms with E-state index in [2.05, 4.69) is 15.5 Å². The van der Waals surface area contributed by atoms with E-state index in [1.165, 1.54) is 0 Å². The molecule has 1 heterocycles. The van der Waals surface area contributed by atoms with Gasteiger partial charge in [0.15, 0.2) is 0 Å². The van der Waals surface area contributed by atoms with E-state index >= 15 is 0 Å². The van der Waals surface area contributed by atoms with Crippen LogP contribution in [0.25, 0.3) is 0 Å². The third kappa shape index (κ3) is 6.25. The molecule has 2 amide bonds. The predicted molar refractivity (Wildman–Crippen MR) is 86.5 cm³/mol. The average Bonchev–Trinajstić information content (AvgIpc) is 2.56. The number of carbonyl (C=O) groups excluding carboxylic acids is 2. The van der Waals surface area contributed by atoms with Gasteiger partial charge < -0.3 is 20.1 Å². The molecule has 0 unspecified atom stereocenters. The molecule has 1 aliphatic rings. The number of rotatable bonds is 7. The highest BCUT2D eigenvalue weighted by molar-refractivity contribution is 6.03. The maximum atomic E-state index is 11.8. The predicted octanol–water partition coefficient (Wildman–Crippen LogP) is 0.472. The van der Waals surface area contributed by atoms with E-state index in [1.807, 2.05) is 0 Å². The zero-order chi connectivity index (χ0) is 16.5. The standard InChI is InChI=1S/C16H23N3O4/c1-22-14-4-2-3-13(11-14)18-16(21)12-15(20)17-5-6-19-7-9-23-10-8-19/h2-4,11H,5-10,12H2,1H3,(H,17,20)(H,18,21). The number of benzene rings is 1. The smallest absolute Gasteiger partial charge is 0.233 e. The second-order valence-electron chi connectivity index (χ2n) is 5.26. The molecular formula is C16H23N3O4. The van der Waals surface area contributed by atoms with Crippen LogP contribution in [0.3, 0.4) is 0 Å². The second-order valence-corrected chi connectivity index (χ2v) is 5.26. The van der Waals surface area contributed by atoms with E-state index in [0.29, 0.717) is 18.0 Å². The fourth-order valence-corrected chi connectivity index (χ4v) is 2.29. The molecule has 1 saturated heterocycles. The number of anilines is 1. The molecule has 126 valence electrons. The Labute approximate surface area is 135 Å². The molecule has 0 bridgehead atoms. The molecule has 1 aromatic carbocycles. The topological polar surface area (TPSA) is 79.9 Å². The first-order valence-corrected chi connectivity index (χ1v) is 7.68. The van der Waals surface area contributed by atoms with E-state index in [9.17, 15) is 9.59 Å². The van der Waals surface area contributed by atoms with Crippen LogP contribution >= 0.6 is 0 Å². The first-order valence-electron chi connectivity index (χ1n) is 7.68. The summed E-state index contributed by atoms with van der Waals surface area (Å²) in [5.74, 6) is 0.0264. The van der Waals surface area contributed by atoms with Crippen molar-refractivity contribution in [1.29, 1.82) is 0 Å². The zero-order valence-corrected chi connectivity index (χ0v) is 13.3. The van der Waals surface area contributed by atoms with E-state index in [4.69, 9.17) is 9.47 Å². The monoisotopic (exact) mass is 321 g/mol. The van der Waals surface area contributed by atoms with Crippen molar-refractivity contribution in [1.82, 2.24) is 10.2 Å². The summed E-state index contributed by atoms with van der Waals surface area (Å²) in [4.78, 5) is 25.8. The number of hydrogen-bond acceptors (Lipinski definition) is 5. The van der Waals surface area contributed by atoms with Crippen LogP contribution in [-0.2, 0) is 14.3 Å². The number of nitrogens with zero attached hydrogens (tertiary/aromatic N) is 1. The van der Waals surface area contributed by atoms with Crippen LogP contribution in [0, 0.1) is 0 Å². The van der Waals surface area contributed by atoms with Gasteiger partial charge in [-0.15, -0.1) is 0 Å². The molecule has 1 fully saturated rings. The van der Waals surface area contributed by atoms with E-state index in [1.54, 1.807) is 31.4 Å². The van der Waals surface area contributed by atoms with E-state index < -0.39 is 0 Å². The van der Waals surface area contributed by atoms with Gasteiger partial charge in [-0.25, -0.2) is 0 Å². The lowest BCUT2D eigenvalue weighted by atomic mass is 10.3. The van der Waals surface area contributed by atoms with Gasteiger partial charge in [0.1, 0.15) is 12.2 Å². The number of ether oxygens (including phenoxy) is 2.